The van der Waals surface area contributed by atoms with Crippen molar-refractivity contribution in [3.63, 3.8) is 0 Å². The van der Waals surface area contributed by atoms with Gasteiger partial charge in [-0.1, -0.05) is 88.7 Å². The summed E-state index contributed by atoms with van der Waals surface area (Å²) < 4.78 is 38.7. The zero-order valence-corrected chi connectivity index (χ0v) is 42.8. The number of fused-ring (bicyclic) bond motifs is 3. The third-order valence-electron chi connectivity index (χ3n) is 11.5. The predicted molar refractivity (Wildman–Crippen MR) is 296 cm³/mol. The van der Waals surface area contributed by atoms with Crippen LogP contribution in [0.3, 0.4) is 0 Å². The van der Waals surface area contributed by atoms with Gasteiger partial charge < -0.3 is 22.1 Å². The molecule has 0 aliphatic rings. The Labute approximate surface area is 433 Å². The van der Waals surface area contributed by atoms with Crippen molar-refractivity contribution >= 4 is 77.9 Å². The quantitative estimate of drug-likeness (QED) is 0.0590. The number of aryl methyl sites for hydroxylation is 4. The summed E-state index contributed by atoms with van der Waals surface area (Å²) in [4.78, 5) is 35.3. The van der Waals surface area contributed by atoms with Crippen LogP contribution in [0.25, 0.3) is 32.7 Å². The number of pyridine rings is 3. The van der Waals surface area contributed by atoms with E-state index >= 15 is 0 Å². The van der Waals surface area contributed by atoms with Gasteiger partial charge in [-0.25, -0.2) is 28.1 Å². The molecule has 9 nitrogen and oxygen atoms in total. The number of rotatable bonds is 15. The van der Waals surface area contributed by atoms with E-state index in [0.29, 0.717) is 24.0 Å². The van der Waals surface area contributed by atoms with Crippen LogP contribution in [0.1, 0.15) is 72.9 Å². The van der Waals surface area contributed by atoms with Crippen molar-refractivity contribution in [3.8, 4) is 0 Å². The highest BCUT2D eigenvalue weighted by Gasteiger charge is 2.05. The Balaban J connectivity index is 0.000000166. The molecule has 2 amide bonds. The number of hydrogen-bond donors (Lipinski definition) is 4. The van der Waals surface area contributed by atoms with Gasteiger partial charge in [0.15, 0.2) is 0 Å². The van der Waals surface area contributed by atoms with Gasteiger partial charge in [0.1, 0.15) is 34.9 Å². The van der Waals surface area contributed by atoms with Gasteiger partial charge in [0.05, 0.1) is 16.6 Å². The molecular weight excluding hydrogens is 988 g/mol. The maximum atomic E-state index is 13.2. The monoisotopic (exact) mass is 1050 g/mol. The summed E-state index contributed by atoms with van der Waals surface area (Å²) in [5.41, 5.74) is 20.5. The number of anilines is 3. The van der Waals surface area contributed by atoms with Gasteiger partial charge in [-0.2, -0.15) is 0 Å². The van der Waals surface area contributed by atoms with Crippen molar-refractivity contribution in [2.75, 3.05) is 22.9 Å². The minimum Gasteiger partial charge on any atom is -0.384 e. The molecule has 376 valence electrons. The summed E-state index contributed by atoms with van der Waals surface area (Å²) in [6, 6.07) is 50.1. The number of nitrogens with zero attached hydrogens (tertiary/aromatic N) is 3. The molecule has 3 heterocycles. The average Bonchev–Trinajstić information content (AvgIpc) is 3.36. The largest absolute Gasteiger partial charge is 0.384 e. The molecule has 0 unspecified atom stereocenters. The number of amides is 2. The van der Waals surface area contributed by atoms with Gasteiger partial charge in [0.25, 0.3) is 0 Å². The average molecular weight is 1050 g/mol. The van der Waals surface area contributed by atoms with Gasteiger partial charge in [0, 0.05) is 35.3 Å². The maximum Gasteiger partial charge on any atom is 0.222 e. The van der Waals surface area contributed by atoms with E-state index in [1.54, 1.807) is 36.4 Å². The molecule has 6 aromatic carbocycles. The number of benzene rings is 6. The fourth-order valence-electron chi connectivity index (χ4n) is 7.96. The Bertz CT molecular complexity index is 3250. The van der Waals surface area contributed by atoms with Crippen molar-refractivity contribution in [1.29, 1.82) is 0 Å². The minimum absolute atomic E-state index is 0.108. The van der Waals surface area contributed by atoms with Crippen LogP contribution < -0.4 is 22.1 Å². The summed E-state index contributed by atoms with van der Waals surface area (Å²) in [5, 5.41) is 9.41. The Kier molecular flexibility index (Phi) is 21.4. The number of aromatic nitrogens is 3. The van der Waals surface area contributed by atoms with E-state index in [2.05, 4.69) is 84.0 Å². The minimum atomic E-state index is -0.189. The number of hydrogen-bond acceptors (Lipinski definition) is 7. The molecule has 0 aliphatic carbocycles. The summed E-state index contributed by atoms with van der Waals surface area (Å²) in [6.07, 6.45) is 8.67. The summed E-state index contributed by atoms with van der Waals surface area (Å²) in [7, 11) is 0. The topological polar surface area (TPSA) is 149 Å². The number of nitrogens with one attached hydrogen (secondary N) is 2. The fraction of sp³-hybridized carbons (Fsp3) is 0.217. The fourth-order valence-corrected chi connectivity index (χ4v) is 8.31. The van der Waals surface area contributed by atoms with Crippen molar-refractivity contribution in [1.82, 2.24) is 15.0 Å². The van der Waals surface area contributed by atoms with Crippen molar-refractivity contribution in [2.45, 2.75) is 77.0 Å². The molecule has 0 bridgehead atoms. The van der Waals surface area contributed by atoms with Gasteiger partial charge >= 0.3 is 0 Å². The van der Waals surface area contributed by atoms with Crippen LogP contribution in [0, 0.1) is 17.5 Å². The molecule has 0 fully saturated rings. The smallest absolute Gasteiger partial charge is 0.222 e. The summed E-state index contributed by atoms with van der Waals surface area (Å²) >= 11 is 3.40. The van der Waals surface area contributed by atoms with Gasteiger partial charge in [-0.3, -0.25) is 9.59 Å². The van der Waals surface area contributed by atoms with Crippen molar-refractivity contribution in [2.24, 2.45) is 5.73 Å². The molecule has 9 aromatic rings. The molecular formula is C60H61BrF3N7O2. The summed E-state index contributed by atoms with van der Waals surface area (Å²) in [6.45, 7) is 3.52. The summed E-state index contributed by atoms with van der Waals surface area (Å²) in [5.74, 6) is 0.962. The maximum absolute atomic E-state index is 13.2. The lowest BCUT2D eigenvalue weighted by atomic mass is 10.0. The Morgan fingerprint density at radius 2 is 0.795 bits per heavy atom. The number of unbranched alkanes of at least 4 members (excludes halogenated alkanes) is 2. The molecule has 0 atom stereocenters. The number of carbonyl (C=O) groups is 2. The zero-order chi connectivity index (χ0) is 52.0. The van der Waals surface area contributed by atoms with Crippen LogP contribution in [-0.2, 0) is 47.0 Å². The lowest BCUT2D eigenvalue weighted by Crippen LogP contribution is -2.07. The van der Waals surface area contributed by atoms with E-state index in [9.17, 15) is 22.8 Å². The first kappa shape index (κ1) is 54.8. The molecule has 0 radical (unpaired) electrons. The highest BCUT2D eigenvalue weighted by atomic mass is 79.9. The number of nitrogens with two attached hydrogens (primary N) is 2. The lowest BCUT2D eigenvalue weighted by Gasteiger charge is -2.06. The van der Waals surface area contributed by atoms with Crippen molar-refractivity contribution in [3.05, 3.63) is 215 Å². The van der Waals surface area contributed by atoms with Crippen LogP contribution in [0.15, 0.2) is 164 Å². The van der Waals surface area contributed by atoms with Crippen molar-refractivity contribution < 1.29 is 22.8 Å². The molecule has 9 rings (SSSR count). The first-order valence-corrected chi connectivity index (χ1v) is 25.4. The van der Waals surface area contributed by atoms with Gasteiger partial charge in [-0.15, -0.1) is 0 Å². The SMILES string of the molecule is CC(=O)Nc1ccc2ccc(CBr)cc2n1.CC(=O)Nc1ccc2ccc(CCCCc3cccc(F)c3)cc2n1.NCCc1cccc(F)c1.Nc1ccc2ccc(CCCCc3cccc(F)c3)cc2n1. The normalized spacial score (nSPS) is 10.6. The van der Waals surface area contributed by atoms with Gasteiger partial charge in [-0.05, 0) is 189 Å². The van der Waals surface area contributed by atoms with E-state index in [1.807, 2.05) is 60.7 Å². The van der Waals surface area contributed by atoms with Crippen LogP contribution in [0.4, 0.5) is 30.6 Å². The Morgan fingerprint density at radius 1 is 0.452 bits per heavy atom. The van der Waals surface area contributed by atoms with E-state index in [1.165, 1.54) is 54.8 Å². The molecule has 6 N–H and O–H groups in total. The molecule has 0 spiro atoms. The second-order valence-corrected chi connectivity index (χ2v) is 18.1. The number of alkyl halides is 1. The van der Waals surface area contributed by atoms with E-state index < -0.39 is 0 Å². The molecule has 0 saturated carbocycles. The molecule has 73 heavy (non-hydrogen) atoms. The lowest BCUT2D eigenvalue weighted by molar-refractivity contribution is -0.115. The third kappa shape index (κ3) is 18.9. The second kappa shape index (κ2) is 28.5. The van der Waals surface area contributed by atoms with Crippen LogP contribution in [0.5, 0.6) is 0 Å². The second-order valence-electron chi connectivity index (χ2n) is 17.5. The number of carbonyl (C=O) groups excluding carboxylic acids is 2. The number of halogens is 4. The standard InChI is InChI=1S/C21H21FN2O.C19H19FN2.C12H11BrN2O.C8H10FN/c1-15(25)23-21-12-11-18-10-9-17(14-20(18)24-21)6-3-2-5-16-7-4-8-19(22)13-16;20-17-7-3-6-14(12-17)4-1-2-5-15-8-9-16-10-11-19(21)22-18(16)13-15;1-8(16)14-12-5-4-10-3-2-9(7-13)6-11(10)15-12;9-8-3-1-2-7(6-8)4-5-10/h4,7-14H,2-3,5-6H2,1H3,(H,23,24,25);3,6-13H,1-2,4-5H2,(H2,21,22);2-6H,7H2,1H3,(H,14,15,16);1-3,6H,4-5,10H2. The van der Waals surface area contributed by atoms with E-state index in [-0.39, 0.29) is 29.3 Å². The van der Waals surface area contributed by atoms with E-state index in [4.69, 9.17) is 11.5 Å². The Hall–Kier alpha value is -7.48. The van der Waals surface area contributed by atoms with Gasteiger partial charge in [0.2, 0.25) is 11.8 Å². The predicted octanol–water partition coefficient (Wildman–Crippen LogP) is 13.8. The first-order valence-electron chi connectivity index (χ1n) is 24.3. The highest BCUT2D eigenvalue weighted by molar-refractivity contribution is 9.08. The molecule has 0 aliphatic heterocycles. The van der Waals surface area contributed by atoms with Crippen LogP contribution in [0.2, 0.25) is 0 Å². The highest BCUT2D eigenvalue weighted by Crippen LogP contribution is 2.21. The first-order chi connectivity index (χ1) is 35.3. The number of nitrogen functional groups attached to an aromatic ring is 1. The Morgan fingerprint density at radius 3 is 1.18 bits per heavy atom. The van der Waals surface area contributed by atoms with E-state index in [0.717, 1.165) is 113 Å². The zero-order valence-electron chi connectivity index (χ0n) is 41.2. The molecule has 13 heteroatoms. The molecule has 0 saturated heterocycles. The molecule has 3 aromatic heterocycles. The van der Waals surface area contributed by atoms with Crippen LogP contribution >= 0.6 is 15.9 Å². The van der Waals surface area contributed by atoms with Crippen LogP contribution in [-0.4, -0.2) is 33.3 Å². The third-order valence-corrected chi connectivity index (χ3v) is 12.2.